The lowest BCUT2D eigenvalue weighted by molar-refractivity contribution is 0.322. The topological polar surface area (TPSA) is 49.1 Å². The minimum absolute atomic E-state index is 0.138. The first-order chi connectivity index (χ1) is 10.8. The average molecular weight is 297 g/mol. The van der Waals surface area contributed by atoms with Crippen LogP contribution in [-0.4, -0.2) is 23.0 Å². The van der Waals surface area contributed by atoms with Gasteiger partial charge in [-0.1, -0.05) is 18.2 Å². The average Bonchev–Trinajstić information content (AvgIpc) is 3.04. The van der Waals surface area contributed by atoms with Crippen LogP contribution in [0.2, 0.25) is 0 Å². The van der Waals surface area contributed by atoms with Crippen LogP contribution in [0.5, 0.6) is 11.6 Å². The Bertz CT molecular complexity index is 705. The molecule has 0 bridgehead atoms. The number of hydrogen-bond acceptors (Lipinski definition) is 4. The van der Waals surface area contributed by atoms with Crippen LogP contribution >= 0.6 is 0 Å². The van der Waals surface area contributed by atoms with Gasteiger partial charge < -0.3 is 4.74 Å². The van der Waals surface area contributed by atoms with Crippen LogP contribution in [-0.2, 0) is 6.54 Å². The van der Waals surface area contributed by atoms with Crippen molar-refractivity contribution in [1.29, 1.82) is 5.26 Å². The summed E-state index contributed by atoms with van der Waals surface area (Å²) in [6.07, 6.45) is 2.34. The van der Waals surface area contributed by atoms with Gasteiger partial charge in [0.05, 0.1) is 0 Å². The molecule has 0 N–H and O–H groups in total. The molecule has 2 aromatic rings. The van der Waals surface area contributed by atoms with Crippen LogP contribution in [0.1, 0.15) is 24.1 Å². The van der Waals surface area contributed by atoms with Crippen LogP contribution in [0.25, 0.3) is 0 Å². The Kier molecular flexibility index (Phi) is 4.31. The summed E-state index contributed by atoms with van der Waals surface area (Å²) in [6.45, 7) is 2.61. The Balaban J connectivity index is 1.80. The summed E-state index contributed by atoms with van der Waals surface area (Å²) in [4.78, 5) is 6.23. The van der Waals surface area contributed by atoms with Crippen LogP contribution in [0, 0.1) is 17.1 Å². The zero-order chi connectivity index (χ0) is 15.4. The molecular weight excluding hydrogens is 281 g/mol. The van der Waals surface area contributed by atoms with Crippen molar-refractivity contribution in [2.45, 2.75) is 19.4 Å². The molecule has 1 fully saturated rings. The summed E-state index contributed by atoms with van der Waals surface area (Å²) < 4.78 is 20.1. The molecule has 112 valence electrons. The van der Waals surface area contributed by atoms with Gasteiger partial charge in [0.15, 0.2) is 11.6 Å². The van der Waals surface area contributed by atoms with Gasteiger partial charge in [-0.05, 0) is 38.1 Å². The van der Waals surface area contributed by atoms with E-state index < -0.39 is 0 Å². The quantitative estimate of drug-likeness (QED) is 0.867. The van der Waals surface area contributed by atoms with Crippen molar-refractivity contribution < 1.29 is 9.13 Å². The van der Waals surface area contributed by atoms with E-state index in [1.165, 1.54) is 12.8 Å². The number of likely N-dealkylation sites (tertiary alicyclic amines) is 1. The number of rotatable bonds is 4. The first kappa shape index (κ1) is 14.5. The Hall–Kier alpha value is -2.45. The second kappa shape index (κ2) is 6.54. The predicted molar refractivity (Wildman–Crippen MR) is 79.9 cm³/mol. The molecule has 0 unspecified atom stereocenters. The van der Waals surface area contributed by atoms with Crippen molar-refractivity contribution in [3.63, 3.8) is 0 Å². The number of nitriles is 1. The monoisotopic (exact) mass is 297 g/mol. The highest BCUT2D eigenvalue weighted by molar-refractivity contribution is 5.35. The molecule has 0 aliphatic carbocycles. The summed E-state index contributed by atoms with van der Waals surface area (Å²) in [5, 5.41) is 8.84. The van der Waals surface area contributed by atoms with Crippen LogP contribution in [0.4, 0.5) is 4.39 Å². The highest BCUT2D eigenvalue weighted by atomic mass is 19.1. The van der Waals surface area contributed by atoms with Gasteiger partial charge in [-0.3, -0.25) is 4.90 Å². The molecule has 0 spiro atoms. The molecule has 0 atom stereocenters. The highest BCUT2D eigenvalue weighted by Gasteiger charge is 2.16. The Morgan fingerprint density at radius 2 is 1.95 bits per heavy atom. The molecule has 22 heavy (non-hydrogen) atoms. The van der Waals surface area contributed by atoms with E-state index in [0.717, 1.165) is 13.1 Å². The molecule has 0 saturated carbocycles. The third-order valence-electron chi connectivity index (χ3n) is 3.69. The standard InChI is InChI=1S/C17H16FN3O/c18-17-13(12-21-9-1-2-10-21)5-3-7-15(17)22-16-8-4-6-14(11-19)20-16/h3-8H,1-2,9-10,12H2. The zero-order valence-corrected chi connectivity index (χ0v) is 12.1. The van der Waals surface area contributed by atoms with Crippen molar-refractivity contribution in [1.82, 2.24) is 9.88 Å². The van der Waals surface area contributed by atoms with Crippen molar-refractivity contribution in [3.8, 4) is 17.7 Å². The number of hydrogen-bond donors (Lipinski definition) is 0. The van der Waals surface area contributed by atoms with Gasteiger partial charge in [-0.15, -0.1) is 0 Å². The van der Waals surface area contributed by atoms with Gasteiger partial charge in [-0.25, -0.2) is 9.37 Å². The van der Waals surface area contributed by atoms with E-state index in [1.54, 1.807) is 36.4 Å². The fraction of sp³-hybridized carbons (Fsp3) is 0.294. The largest absolute Gasteiger partial charge is 0.436 e. The summed E-state index contributed by atoms with van der Waals surface area (Å²) in [5.41, 5.74) is 0.863. The van der Waals surface area contributed by atoms with Gasteiger partial charge in [0.25, 0.3) is 0 Å². The maximum atomic E-state index is 14.5. The van der Waals surface area contributed by atoms with E-state index in [-0.39, 0.29) is 23.1 Å². The summed E-state index contributed by atoms with van der Waals surface area (Å²) in [6, 6.07) is 11.9. The summed E-state index contributed by atoms with van der Waals surface area (Å²) in [5.74, 6) is -0.00544. The van der Waals surface area contributed by atoms with Gasteiger partial charge in [0.1, 0.15) is 11.8 Å². The zero-order valence-electron chi connectivity index (χ0n) is 12.1. The molecule has 4 nitrogen and oxygen atoms in total. The predicted octanol–water partition coefficient (Wildman–Crippen LogP) is 3.48. The summed E-state index contributed by atoms with van der Waals surface area (Å²) >= 11 is 0. The van der Waals surface area contributed by atoms with E-state index in [1.807, 2.05) is 6.07 Å². The number of halogens is 1. The molecule has 1 aromatic carbocycles. The highest BCUT2D eigenvalue weighted by Crippen LogP contribution is 2.26. The minimum atomic E-state index is -0.362. The number of aromatic nitrogens is 1. The number of nitrogens with zero attached hydrogens (tertiary/aromatic N) is 3. The maximum Gasteiger partial charge on any atom is 0.220 e. The number of pyridine rings is 1. The molecule has 2 heterocycles. The van der Waals surface area contributed by atoms with Crippen LogP contribution in [0.3, 0.4) is 0 Å². The van der Waals surface area contributed by atoms with E-state index in [0.29, 0.717) is 12.1 Å². The smallest absolute Gasteiger partial charge is 0.220 e. The van der Waals surface area contributed by atoms with E-state index in [9.17, 15) is 4.39 Å². The molecule has 0 radical (unpaired) electrons. The fourth-order valence-corrected chi connectivity index (χ4v) is 2.59. The normalized spacial score (nSPS) is 14.7. The third kappa shape index (κ3) is 3.23. The molecule has 1 saturated heterocycles. The third-order valence-corrected chi connectivity index (χ3v) is 3.69. The van der Waals surface area contributed by atoms with Crippen molar-refractivity contribution in [2.75, 3.05) is 13.1 Å². The molecule has 3 rings (SSSR count). The van der Waals surface area contributed by atoms with Gasteiger partial charge in [0, 0.05) is 18.2 Å². The first-order valence-electron chi connectivity index (χ1n) is 7.31. The van der Waals surface area contributed by atoms with E-state index in [4.69, 9.17) is 10.00 Å². The molecule has 0 amide bonds. The Morgan fingerprint density at radius 3 is 2.73 bits per heavy atom. The number of ether oxygens (including phenoxy) is 1. The second-order valence-electron chi connectivity index (χ2n) is 5.29. The lowest BCUT2D eigenvalue weighted by atomic mass is 10.2. The van der Waals surface area contributed by atoms with Gasteiger partial charge in [-0.2, -0.15) is 5.26 Å². The van der Waals surface area contributed by atoms with Gasteiger partial charge >= 0.3 is 0 Å². The lowest BCUT2D eigenvalue weighted by Crippen LogP contribution is -2.19. The van der Waals surface area contributed by atoms with Gasteiger partial charge in [0.2, 0.25) is 5.88 Å². The summed E-state index contributed by atoms with van der Waals surface area (Å²) in [7, 11) is 0. The minimum Gasteiger partial charge on any atom is -0.436 e. The Labute approximate surface area is 128 Å². The van der Waals surface area contributed by atoms with Crippen molar-refractivity contribution in [3.05, 3.63) is 53.5 Å². The number of benzene rings is 1. The van der Waals surface area contributed by atoms with Crippen molar-refractivity contribution >= 4 is 0 Å². The molecular formula is C17H16FN3O. The van der Waals surface area contributed by atoms with E-state index in [2.05, 4.69) is 9.88 Å². The van der Waals surface area contributed by atoms with Crippen LogP contribution in [0.15, 0.2) is 36.4 Å². The van der Waals surface area contributed by atoms with Crippen molar-refractivity contribution in [2.24, 2.45) is 0 Å². The fourth-order valence-electron chi connectivity index (χ4n) is 2.59. The maximum absolute atomic E-state index is 14.5. The molecule has 5 heteroatoms. The van der Waals surface area contributed by atoms with Crippen LogP contribution < -0.4 is 4.74 Å². The SMILES string of the molecule is N#Cc1cccc(Oc2cccc(CN3CCCC3)c2F)n1. The first-order valence-corrected chi connectivity index (χ1v) is 7.31. The lowest BCUT2D eigenvalue weighted by Gasteiger charge is -2.16. The molecule has 1 aliphatic heterocycles. The Morgan fingerprint density at radius 1 is 1.18 bits per heavy atom. The van der Waals surface area contributed by atoms with E-state index >= 15 is 0 Å². The molecule has 1 aromatic heterocycles. The second-order valence-corrected chi connectivity index (χ2v) is 5.29. The molecule has 1 aliphatic rings.